The summed E-state index contributed by atoms with van der Waals surface area (Å²) in [6.07, 6.45) is 1.69. The van der Waals surface area contributed by atoms with E-state index in [9.17, 15) is 18.5 Å². The van der Waals surface area contributed by atoms with E-state index in [0.717, 1.165) is 17.4 Å². The molecule has 0 unspecified atom stereocenters. The van der Waals surface area contributed by atoms with Crippen LogP contribution >= 0.6 is 11.6 Å². The van der Waals surface area contributed by atoms with Gasteiger partial charge in [0.2, 0.25) is 10.0 Å². The molecule has 0 radical (unpaired) electrons. The molecule has 7 nitrogen and oxygen atoms in total. The van der Waals surface area contributed by atoms with Crippen LogP contribution in [0.15, 0.2) is 42.5 Å². The normalized spacial score (nSPS) is 11.6. The first-order chi connectivity index (χ1) is 15.1. The molecule has 9 heteroatoms. The van der Waals surface area contributed by atoms with Crippen LogP contribution in [0.5, 0.6) is 11.5 Å². The summed E-state index contributed by atoms with van der Waals surface area (Å²) in [5.74, 6) is 1.16. The number of rotatable bonds is 12. The van der Waals surface area contributed by atoms with E-state index in [0.29, 0.717) is 36.0 Å². The predicted molar refractivity (Wildman–Crippen MR) is 124 cm³/mol. The van der Waals surface area contributed by atoms with Gasteiger partial charge in [-0.3, -0.25) is 4.79 Å². The maximum absolute atomic E-state index is 11.8. The molecule has 172 valence electrons. The third-order valence-corrected chi connectivity index (χ3v) is 5.80. The Kier molecular flexibility index (Phi) is 9.08. The SMILES string of the molecule is CC(C)(c1ccc(OCC(=O)CNS(C)(=O)=O)cc1)c1ccc(OCCCCl)c(C#N)c1. The monoisotopic (exact) mass is 478 g/mol. The number of ether oxygens (including phenoxy) is 2. The number of hydrogen-bond acceptors (Lipinski definition) is 6. The predicted octanol–water partition coefficient (Wildman–Crippen LogP) is 3.39. The molecule has 0 bridgehead atoms. The van der Waals surface area contributed by atoms with Crippen molar-refractivity contribution in [1.82, 2.24) is 4.72 Å². The van der Waals surface area contributed by atoms with Crippen molar-refractivity contribution in [3.05, 3.63) is 59.2 Å². The molecule has 0 fully saturated rings. The minimum atomic E-state index is -3.42. The van der Waals surface area contributed by atoms with E-state index >= 15 is 0 Å². The molecule has 32 heavy (non-hydrogen) atoms. The largest absolute Gasteiger partial charge is 0.492 e. The van der Waals surface area contributed by atoms with Gasteiger partial charge in [0.15, 0.2) is 5.78 Å². The third kappa shape index (κ3) is 7.52. The number of nitriles is 1. The van der Waals surface area contributed by atoms with Crippen LogP contribution in [0.1, 0.15) is 37.0 Å². The Balaban J connectivity index is 2.07. The summed E-state index contributed by atoms with van der Waals surface area (Å²) in [5, 5.41) is 9.52. The second kappa shape index (κ2) is 11.3. The lowest BCUT2D eigenvalue weighted by atomic mass is 9.77. The van der Waals surface area contributed by atoms with E-state index in [1.54, 1.807) is 18.2 Å². The highest BCUT2D eigenvalue weighted by molar-refractivity contribution is 7.88. The molecule has 0 aliphatic heterocycles. The van der Waals surface area contributed by atoms with Crippen molar-refractivity contribution in [2.24, 2.45) is 0 Å². The van der Waals surface area contributed by atoms with Gasteiger partial charge in [-0.1, -0.05) is 32.0 Å². The van der Waals surface area contributed by atoms with Crippen LogP contribution in [0.25, 0.3) is 0 Å². The maximum atomic E-state index is 11.8. The van der Waals surface area contributed by atoms with Crippen molar-refractivity contribution in [1.29, 1.82) is 5.26 Å². The second-order valence-electron chi connectivity index (χ2n) is 7.78. The van der Waals surface area contributed by atoms with E-state index in [-0.39, 0.29) is 18.9 Å². The molecule has 0 heterocycles. The third-order valence-electron chi connectivity index (χ3n) is 4.86. The Morgan fingerprint density at radius 2 is 1.78 bits per heavy atom. The van der Waals surface area contributed by atoms with Crippen LogP contribution in [-0.2, 0) is 20.2 Å². The van der Waals surface area contributed by atoms with Crippen molar-refractivity contribution in [3.8, 4) is 17.6 Å². The number of halogens is 1. The molecule has 0 amide bonds. The molecule has 0 aliphatic rings. The van der Waals surface area contributed by atoms with E-state index in [1.165, 1.54) is 0 Å². The molecule has 0 aliphatic carbocycles. The zero-order valence-electron chi connectivity index (χ0n) is 18.4. The Morgan fingerprint density at radius 3 is 2.38 bits per heavy atom. The van der Waals surface area contributed by atoms with Crippen LogP contribution in [0.4, 0.5) is 0 Å². The number of nitrogens with one attached hydrogen (secondary N) is 1. The quantitative estimate of drug-likeness (QED) is 0.370. The van der Waals surface area contributed by atoms with Crippen molar-refractivity contribution in [2.45, 2.75) is 25.7 Å². The summed E-state index contributed by atoms with van der Waals surface area (Å²) in [4.78, 5) is 11.8. The van der Waals surface area contributed by atoms with Crippen molar-refractivity contribution in [2.75, 3.05) is 31.9 Å². The minimum absolute atomic E-state index is 0.234. The Hall–Kier alpha value is -2.60. The van der Waals surface area contributed by atoms with Gasteiger partial charge in [-0.15, -0.1) is 11.6 Å². The molecule has 1 N–H and O–H groups in total. The fourth-order valence-corrected chi connectivity index (χ4v) is 3.46. The number of nitrogens with zero attached hydrogens (tertiary/aromatic N) is 1. The summed E-state index contributed by atoms with van der Waals surface area (Å²) in [6, 6.07) is 15.1. The standard InChI is InChI=1S/C23H27ClN2O5S/c1-23(2,19-7-10-22(17(13-19)14-25)30-12-4-11-24)18-5-8-21(9-6-18)31-16-20(27)15-26-32(3,28)29/h5-10,13,26H,4,11-12,15-16H2,1-3H3. The van der Waals surface area contributed by atoms with Crippen LogP contribution in [0.2, 0.25) is 0 Å². The van der Waals surface area contributed by atoms with Crippen LogP contribution < -0.4 is 14.2 Å². The number of Topliss-reactive ketones (excluding diaryl/α,β-unsaturated/α-hetero) is 1. The maximum Gasteiger partial charge on any atom is 0.209 e. The molecule has 0 saturated heterocycles. The van der Waals surface area contributed by atoms with E-state index in [1.807, 2.05) is 38.1 Å². The van der Waals surface area contributed by atoms with Crippen molar-refractivity contribution < 1.29 is 22.7 Å². The van der Waals surface area contributed by atoms with Gasteiger partial charge in [0.1, 0.15) is 24.2 Å². The van der Waals surface area contributed by atoms with Crippen LogP contribution in [0.3, 0.4) is 0 Å². The number of benzene rings is 2. The van der Waals surface area contributed by atoms with E-state index in [2.05, 4.69) is 10.8 Å². The summed E-state index contributed by atoms with van der Waals surface area (Å²) < 4.78 is 35.3. The highest BCUT2D eigenvalue weighted by atomic mass is 35.5. The van der Waals surface area contributed by atoms with Gasteiger partial charge < -0.3 is 9.47 Å². The van der Waals surface area contributed by atoms with Gasteiger partial charge in [-0.2, -0.15) is 5.26 Å². The fraction of sp³-hybridized carbons (Fsp3) is 0.391. The van der Waals surface area contributed by atoms with Gasteiger partial charge in [-0.25, -0.2) is 13.1 Å². The first-order valence-corrected chi connectivity index (χ1v) is 12.4. The first-order valence-electron chi connectivity index (χ1n) is 10.00. The lowest BCUT2D eigenvalue weighted by Crippen LogP contribution is -2.31. The average molecular weight is 479 g/mol. The van der Waals surface area contributed by atoms with Crippen LogP contribution in [0, 0.1) is 11.3 Å². The Bertz CT molecular complexity index is 1080. The number of hydrogen-bond donors (Lipinski definition) is 1. The lowest BCUT2D eigenvalue weighted by molar-refractivity contribution is -0.119. The van der Waals surface area contributed by atoms with Gasteiger partial charge >= 0.3 is 0 Å². The Labute approximate surface area is 194 Å². The summed E-state index contributed by atoms with van der Waals surface area (Å²) in [5.41, 5.74) is 2.02. The molecule has 2 aromatic rings. The lowest BCUT2D eigenvalue weighted by Gasteiger charge is -2.27. The first kappa shape index (κ1) is 25.7. The Morgan fingerprint density at radius 1 is 1.12 bits per heavy atom. The molecule has 0 saturated carbocycles. The van der Waals surface area contributed by atoms with Gasteiger partial charge in [0.05, 0.1) is 25.0 Å². The number of carbonyl (C=O) groups excluding carboxylic acids is 1. The molecule has 2 aromatic carbocycles. The summed E-state index contributed by atoms with van der Waals surface area (Å²) >= 11 is 5.68. The number of alkyl halides is 1. The number of sulfonamides is 1. The number of carbonyl (C=O) groups is 1. The average Bonchev–Trinajstić information content (AvgIpc) is 2.76. The zero-order chi connectivity index (χ0) is 23.8. The zero-order valence-corrected chi connectivity index (χ0v) is 19.9. The van der Waals surface area contributed by atoms with Gasteiger partial charge in [-0.05, 0) is 41.8 Å². The smallest absolute Gasteiger partial charge is 0.209 e. The van der Waals surface area contributed by atoms with Crippen molar-refractivity contribution >= 4 is 27.4 Å². The topological polar surface area (TPSA) is 105 Å². The van der Waals surface area contributed by atoms with Gasteiger partial charge in [0.25, 0.3) is 0 Å². The summed E-state index contributed by atoms with van der Waals surface area (Å²) in [7, 11) is -3.42. The number of ketones is 1. The molecular weight excluding hydrogens is 452 g/mol. The molecule has 2 rings (SSSR count). The molecule has 0 spiro atoms. The van der Waals surface area contributed by atoms with Crippen molar-refractivity contribution in [3.63, 3.8) is 0 Å². The minimum Gasteiger partial charge on any atom is -0.492 e. The van der Waals surface area contributed by atoms with Gasteiger partial charge in [0, 0.05) is 11.3 Å². The van der Waals surface area contributed by atoms with Crippen LogP contribution in [-0.4, -0.2) is 46.1 Å². The second-order valence-corrected chi connectivity index (χ2v) is 9.99. The fourth-order valence-electron chi connectivity index (χ4n) is 2.93. The van der Waals surface area contributed by atoms with E-state index < -0.39 is 15.4 Å². The molecule has 0 atom stereocenters. The summed E-state index contributed by atoms with van der Waals surface area (Å²) in [6.45, 7) is 4.01. The highest BCUT2D eigenvalue weighted by Crippen LogP contribution is 2.34. The molecule has 0 aromatic heterocycles. The molecular formula is C23H27ClN2O5S. The highest BCUT2D eigenvalue weighted by Gasteiger charge is 2.24. The van der Waals surface area contributed by atoms with E-state index in [4.69, 9.17) is 21.1 Å².